The molecule has 0 aromatic carbocycles. The minimum Gasteiger partial charge on any atom is -0.478 e. The molecular formula is C14H15N3O2. The highest BCUT2D eigenvalue weighted by atomic mass is 16.4. The van der Waals surface area contributed by atoms with E-state index in [1.165, 1.54) is 6.08 Å². The van der Waals surface area contributed by atoms with E-state index in [9.17, 15) is 4.79 Å². The number of nitrogens with zero attached hydrogens (tertiary/aromatic N) is 3. The number of carboxylic acid groups (broad SMARTS) is 1. The number of carbonyl (C=O) groups is 1. The molecule has 0 atom stereocenters. The Hall–Kier alpha value is -2.43. The van der Waals surface area contributed by atoms with E-state index >= 15 is 0 Å². The van der Waals surface area contributed by atoms with Crippen LogP contribution in [-0.4, -0.2) is 25.6 Å². The summed E-state index contributed by atoms with van der Waals surface area (Å²) in [5.74, 6) is 0.802. The van der Waals surface area contributed by atoms with E-state index < -0.39 is 5.97 Å². The van der Waals surface area contributed by atoms with Gasteiger partial charge in [-0.25, -0.2) is 14.8 Å². The third kappa shape index (κ3) is 2.88. The Bertz CT molecular complexity index is 629. The van der Waals surface area contributed by atoms with Gasteiger partial charge in [0.1, 0.15) is 11.6 Å². The number of imidazole rings is 1. The largest absolute Gasteiger partial charge is 0.478 e. The molecule has 0 saturated heterocycles. The quantitative estimate of drug-likeness (QED) is 0.853. The first-order valence-corrected chi connectivity index (χ1v) is 6.02. The van der Waals surface area contributed by atoms with Crippen molar-refractivity contribution in [1.82, 2.24) is 14.5 Å². The molecule has 0 fully saturated rings. The Balaban J connectivity index is 2.37. The second-order valence-corrected chi connectivity index (χ2v) is 4.15. The zero-order valence-corrected chi connectivity index (χ0v) is 10.9. The van der Waals surface area contributed by atoms with Crippen molar-refractivity contribution in [2.75, 3.05) is 0 Å². The van der Waals surface area contributed by atoms with E-state index in [1.54, 1.807) is 12.4 Å². The summed E-state index contributed by atoms with van der Waals surface area (Å²) in [7, 11) is 0. The Morgan fingerprint density at radius 2 is 2.26 bits per heavy atom. The molecule has 0 bridgehead atoms. The minimum absolute atomic E-state index is 0.766. The number of aliphatic carboxylic acids is 1. The minimum atomic E-state index is -0.968. The molecule has 2 rings (SSSR count). The lowest BCUT2D eigenvalue weighted by atomic mass is 10.2. The van der Waals surface area contributed by atoms with Crippen LogP contribution in [0.25, 0.3) is 11.9 Å². The highest BCUT2D eigenvalue weighted by Gasteiger charge is 2.07. The van der Waals surface area contributed by atoms with Crippen LogP contribution in [0.2, 0.25) is 0 Å². The van der Waals surface area contributed by atoms with Gasteiger partial charge in [-0.05, 0) is 30.2 Å². The third-order valence-electron chi connectivity index (χ3n) is 2.75. The Kier molecular flexibility index (Phi) is 3.75. The molecule has 5 heteroatoms. The molecule has 5 nitrogen and oxygen atoms in total. The van der Waals surface area contributed by atoms with Crippen molar-refractivity contribution in [2.45, 2.75) is 20.3 Å². The summed E-state index contributed by atoms with van der Waals surface area (Å²) in [6, 6.07) is 1.90. The smallest absolute Gasteiger partial charge is 0.328 e. The van der Waals surface area contributed by atoms with Gasteiger partial charge >= 0.3 is 5.97 Å². The van der Waals surface area contributed by atoms with Gasteiger partial charge in [-0.2, -0.15) is 0 Å². The van der Waals surface area contributed by atoms with Crippen LogP contribution in [0.15, 0.2) is 30.7 Å². The number of hydrogen-bond acceptors (Lipinski definition) is 3. The summed E-state index contributed by atoms with van der Waals surface area (Å²) in [5, 5.41) is 8.60. The van der Waals surface area contributed by atoms with Crippen LogP contribution < -0.4 is 0 Å². The van der Waals surface area contributed by atoms with Crippen LogP contribution in [0.3, 0.4) is 0 Å². The van der Waals surface area contributed by atoms with Gasteiger partial charge in [0.25, 0.3) is 0 Å². The fraction of sp³-hybridized carbons (Fsp3) is 0.214. The average Bonchev–Trinajstić information content (AvgIpc) is 2.84. The first kappa shape index (κ1) is 13.0. The molecule has 98 valence electrons. The molecule has 0 spiro atoms. The van der Waals surface area contributed by atoms with E-state index in [0.29, 0.717) is 0 Å². The average molecular weight is 257 g/mol. The molecule has 0 aliphatic rings. The summed E-state index contributed by atoms with van der Waals surface area (Å²) < 4.78 is 1.94. The topological polar surface area (TPSA) is 68.0 Å². The molecule has 0 unspecified atom stereocenters. The van der Waals surface area contributed by atoms with Gasteiger partial charge in [-0.15, -0.1) is 0 Å². The number of aromatic nitrogens is 3. The molecule has 0 radical (unpaired) electrons. The number of hydrogen-bond donors (Lipinski definition) is 1. The lowest BCUT2D eigenvalue weighted by Gasteiger charge is -2.09. The van der Waals surface area contributed by atoms with Crippen LogP contribution >= 0.6 is 0 Å². The summed E-state index contributed by atoms with van der Waals surface area (Å²) in [6.45, 7) is 3.98. The third-order valence-corrected chi connectivity index (χ3v) is 2.75. The molecule has 2 aromatic heterocycles. The predicted molar refractivity (Wildman–Crippen MR) is 72.1 cm³/mol. The van der Waals surface area contributed by atoms with Gasteiger partial charge in [0.15, 0.2) is 0 Å². The SMILES string of the molecule is CCc1nccn1-c1ncc(/C=C/C(=O)O)cc1C. The molecule has 0 aliphatic carbocycles. The molecule has 19 heavy (non-hydrogen) atoms. The number of pyridine rings is 1. The molecule has 2 aromatic rings. The van der Waals surface area contributed by atoms with Crippen molar-refractivity contribution >= 4 is 12.0 Å². The van der Waals surface area contributed by atoms with Crippen LogP contribution in [0.5, 0.6) is 0 Å². The number of carboxylic acids is 1. The molecule has 1 N–H and O–H groups in total. The number of rotatable bonds is 4. The van der Waals surface area contributed by atoms with E-state index in [2.05, 4.69) is 9.97 Å². The van der Waals surface area contributed by atoms with Crippen molar-refractivity contribution in [3.63, 3.8) is 0 Å². The van der Waals surface area contributed by atoms with Gasteiger partial charge in [0, 0.05) is 31.1 Å². The van der Waals surface area contributed by atoms with Crippen molar-refractivity contribution in [3.8, 4) is 5.82 Å². The highest BCUT2D eigenvalue weighted by Crippen LogP contribution is 2.15. The fourth-order valence-electron chi connectivity index (χ4n) is 1.89. The first-order valence-electron chi connectivity index (χ1n) is 6.02. The molecule has 0 amide bonds. The van der Waals surface area contributed by atoms with E-state index in [-0.39, 0.29) is 0 Å². The van der Waals surface area contributed by atoms with Gasteiger partial charge < -0.3 is 5.11 Å². The highest BCUT2D eigenvalue weighted by molar-refractivity contribution is 5.85. The summed E-state index contributed by atoms with van der Waals surface area (Å²) in [5.41, 5.74) is 1.74. The Labute approximate surface area is 111 Å². The van der Waals surface area contributed by atoms with Gasteiger partial charge in [0.2, 0.25) is 0 Å². The second kappa shape index (κ2) is 5.48. The standard InChI is InChI=1S/C14H15N3O2/c1-3-12-15-6-7-17(12)14-10(2)8-11(9-16-14)4-5-13(18)19/h4-9H,3H2,1-2H3,(H,18,19)/b5-4+. The maximum absolute atomic E-state index is 10.5. The maximum atomic E-state index is 10.5. The van der Waals surface area contributed by atoms with Crippen LogP contribution in [0, 0.1) is 6.92 Å². The zero-order chi connectivity index (χ0) is 13.8. The fourth-order valence-corrected chi connectivity index (χ4v) is 1.89. The normalized spacial score (nSPS) is 11.1. The second-order valence-electron chi connectivity index (χ2n) is 4.15. The predicted octanol–water partition coefficient (Wildman–Crippen LogP) is 2.24. The van der Waals surface area contributed by atoms with E-state index in [4.69, 9.17) is 5.11 Å². The van der Waals surface area contributed by atoms with E-state index in [1.807, 2.05) is 30.7 Å². The van der Waals surface area contributed by atoms with Crippen LogP contribution in [0.1, 0.15) is 23.9 Å². The molecule has 0 aliphatic heterocycles. The van der Waals surface area contributed by atoms with Crippen LogP contribution in [0.4, 0.5) is 0 Å². The molecule has 2 heterocycles. The van der Waals surface area contributed by atoms with Crippen molar-refractivity contribution in [1.29, 1.82) is 0 Å². The first-order chi connectivity index (χ1) is 9.11. The summed E-state index contributed by atoms with van der Waals surface area (Å²) in [6.07, 6.45) is 8.74. The summed E-state index contributed by atoms with van der Waals surface area (Å²) >= 11 is 0. The van der Waals surface area contributed by atoms with E-state index in [0.717, 1.165) is 35.3 Å². The summed E-state index contributed by atoms with van der Waals surface area (Å²) in [4.78, 5) is 19.1. The van der Waals surface area contributed by atoms with Gasteiger partial charge in [-0.1, -0.05) is 6.92 Å². The maximum Gasteiger partial charge on any atom is 0.328 e. The Morgan fingerprint density at radius 1 is 1.47 bits per heavy atom. The van der Waals surface area contributed by atoms with Gasteiger partial charge in [0.05, 0.1) is 0 Å². The Morgan fingerprint density at radius 3 is 2.89 bits per heavy atom. The zero-order valence-electron chi connectivity index (χ0n) is 10.9. The van der Waals surface area contributed by atoms with Crippen molar-refractivity contribution < 1.29 is 9.90 Å². The van der Waals surface area contributed by atoms with Gasteiger partial charge in [-0.3, -0.25) is 4.57 Å². The monoisotopic (exact) mass is 257 g/mol. The number of aryl methyl sites for hydroxylation is 2. The van der Waals surface area contributed by atoms with Crippen molar-refractivity contribution in [3.05, 3.63) is 47.7 Å². The molecular weight excluding hydrogens is 242 g/mol. The van der Waals surface area contributed by atoms with Crippen LogP contribution in [-0.2, 0) is 11.2 Å². The lowest BCUT2D eigenvalue weighted by Crippen LogP contribution is -2.04. The molecule has 0 saturated carbocycles. The lowest BCUT2D eigenvalue weighted by molar-refractivity contribution is -0.131. The van der Waals surface area contributed by atoms with Crippen molar-refractivity contribution in [2.24, 2.45) is 0 Å².